The van der Waals surface area contributed by atoms with Crippen molar-refractivity contribution in [3.05, 3.63) is 60.2 Å². The molecule has 0 spiro atoms. The molecule has 4 nitrogen and oxygen atoms in total. The Kier molecular flexibility index (Phi) is 5.94. The maximum absolute atomic E-state index is 12.8. The first-order chi connectivity index (χ1) is 12.6. The summed E-state index contributed by atoms with van der Waals surface area (Å²) in [6, 6.07) is 17.5. The van der Waals surface area contributed by atoms with E-state index >= 15 is 0 Å². The number of anilines is 1. The van der Waals surface area contributed by atoms with Crippen molar-refractivity contribution in [3.63, 3.8) is 0 Å². The molecule has 2 aromatic carbocycles. The lowest BCUT2D eigenvalue weighted by Crippen LogP contribution is -2.45. The Morgan fingerprint density at radius 1 is 1.12 bits per heavy atom. The molecule has 1 atom stereocenters. The maximum atomic E-state index is 12.8. The van der Waals surface area contributed by atoms with Crippen LogP contribution in [-0.2, 0) is 16.1 Å². The van der Waals surface area contributed by atoms with Crippen molar-refractivity contribution in [3.8, 4) is 5.75 Å². The molecule has 0 bridgehead atoms. The zero-order valence-corrected chi connectivity index (χ0v) is 15.5. The SMILES string of the molecule is CCCOC(C)(C(=O)Nc1ccc(OCc2ccccc2)cc1)C1CC1. The first kappa shape index (κ1) is 18.5. The third-order valence-electron chi connectivity index (χ3n) is 4.77. The van der Waals surface area contributed by atoms with Gasteiger partial charge in [-0.1, -0.05) is 37.3 Å². The molecule has 3 rings (SSSR count). The topological polar surface area (TPSA) is 47.6 Å². The first-order valence-electron chi connectivity index (χ1n) is 9.34. The van der Waals surface area contributed by atoms with E-state index in [4.69, 9.17) is 9.47 Å². The van der Waals surface area contributed by atoms with Crippen molar-refractivity contribution in [1.82, 2.24) is 0 Å². The van der Waals surface area contributed by atoms with E-state index in [9.17, 15) is 4.79 Å². The van der Waals surface area contributed by atoms with Crippen LogP contribution in [0.5, 0.6) is 5.75 Å². The summed E-state index contributed by atoms with van der Waals surface area (Å²) in [5.41, 5.74) is 1.14. The van der Waals surface area contributed by atoms with Crippen LogP contribution in [0.4, 0.5) is 5.69 Å². The molecule has 138 valence electrons. The minimum absolute atomic E-state index is 0.0635. The molecule has 1 aliphatic carbocycles. The summed E-state index contributed by atoms with van der Waals surface area (Å²) < 4.78 is 11.7. The van der Waals surface area contributed by atoms with Crippen LogP contribution in [0, 0.1) is 5.92 Å². The summed E-state index contributed by atoms with van der Waals surface area (Å²) in [5, 5.41) is 2.99. The fourth-order valence-electron chi connectivity index (χ4n) is 2.95. The average Bonchev–Trinajstić information content (AvgIpc) is 3.52. The number of nitrogens with one attached hydrogen (secondary N) is 1. The summed E-state index contributed by atoms with van der Waals surface area (Å²) in [4.78, 5) is 12.8. The molecule has 0 saturated heterocycles. The van der Waals surface area contributed by atoms with Gasteiger partial charge in [-0.25, -0.2) is 0 Å². The highest BCUT2D eigenvalue weighted by atomic mass is 16.5. The van der Waals surface area contributed by atoms with Crippen molar-refractivity contribution in [2.75, 3.05) is 11.9 Å². The summed E-state index contributed by atoms with van der Waals surface area (Å²) in [5.74, 6) is 1.04. The molecule has 0 aromatic heterocycles. The molecular formula is C22H27NO3. The molecule has 4 heteroatoms. The van der Waals surface area contributed by atoms with E-state index in [1.54, 1.807) is 0 Å². The molecule has 1 fully saturated rings. The largest absolute Gasteiger partial charge is 0.489 e. The van der Waals surface area contributed by atoms with Crippen LogP contribution in [0.25, 0.3) is 0 Å². The van der Waals surface area contributed by atoms with Crippen LogP contribution in [0.15, 0.2) is 54.6 Å². The number of amides is 1. The van der Waals surface area contributed by atoms with Gasteiger partial charge in [0.25, 0.3) is 5.91 Å². The van der Waals surface area contributed by atoms with Crippen LogP contribution in [0.3, 0.4) is 0 Å². The van der Waals surface area contributed by atoms with Gasteiger partial charge in [0.1, 0.15) is 18.0 Å². The van der Waals surface area contributed by atoms with E-state index in [1.165, 1.54) is 0 Å². The molecule has 1 unspecified atom stereocenters. The summed E-state index contributed by atoms with van der Waals surface area (Å²) >= 11 is 0. The minimum atomic E-state index is -0.738. The van der Waals surface area contributed by atoms with Gasteiger partial charge in [-0.05, 0) is 61.9 Å². The van der Waals surface area contributed by atoms with Crippen molar-refractivity contribution in [1.29, 1.82) is 0 Å². The second kappa shape index (κ2) is 8.37. The van der Waals surface area contributed by atoms with Gasteiger partial charge in [0.05, 0.1) is 0 Å². The zero-order chi connectivity index (χ0) is 18.4. The fraction of sp³-hybridized carbons (Fsp3) is 0.409. The summed E-state index contributed by atoms with van der Waals surface area (Å²) in [7, 11) is 0. The molecular weight excluding hydrogens is 326 g/mol. The average molecular weight is 353 g/mol. The number of benzene rings is 2. The number of ether oxygens (including phenoxy) is 2. The standard InChI is InChI=1S/C22H27NO3/c1-3-15-26-22(2,18-9-10-18)21(24)23-19-11-13-20(14-12-19)25-16-17-7-5-4-6-8-17/h4-8,11-14,18H,3,9-10,15-16H2,1-2H3,(H,23,24). The number of rotatable bonds is 9. The van der Waals surface area contributed by atoms with Gasteiger partial charge in [-0.15, -0.1) is 0 Å². The Labute approximate surface area is 155 Å². The molecule has 1 N–H and O–H groups in total. The molecule has 26 heavy (non-hydrogen) atoms. The first-order valence-corrected chi connectivity index (χ1v) is 9.34. The van der Waals surface area contributed by atoms with Gasteiger partial charge in [-0.2, -0.15) is 0 Å². The van der Waals surface area contributed by atoms with Gasteiger partial charge in [0.15, 0.2) is 0 Å². The predicted molar refractivity (Wildman–Crippen MR) is 103 cm³/mol. The third kappa shape index (κ3) is 4.64. The number of carbonyl (C=O) groups is 1. The molecule has 0 heterocycles. The van der Waals surface area contributed by atoms with Crippen LogP contribution in [0.2, 0.25) is 0 Å². The summed E-state index contributed by atoms with van der Waals surface area (Å²) in [6.07, 6.45) is 3.02. The van der Waals surface area contributed by atoms with Crippen LogP contribution in [0.1, 0.15) is 38.7 Å². The molecule has 1 amide bonds. The highest BCUT2D eigenvalue weighted by molar-refractivity contribution is 5.97. The Hall–Kier alpha value is -2.33. The smallest absolute Gasteiger partial charge is 0.256 e. The lowest BCUT2D eigenvalue weighted by atomic mass is 9.98. The fourth-order valence-corrected chi connectivity index (χ4v) is 2.95. The number of hydrogen-bond acceptors (Lipinski definition) is 3. The second-order valence-electron chi connectivity index (χ2n) is 6.98. The van der Waals surface area contributed by atoms with E-state index < -0.39 is 5.60 Å². The van der Waals surface area contributed by atoms with Crippen LogP contribution >= 0.6 is 0 Å². The van der Waals surface area contributed by atoms with Crippen molar-refractivity contribution in [2.24, 2.45) is 5.92 Å². The van der Waals surface area contributed by atoms with E-state index in [1.807, 2.05) is 61.5 Å². The Morgan fingerprint density at radius 2 is 1.81 bits per heavy atom. The highest BCUT2D eigenvalue weighted by Gasteiger charge is 2.48. The van der Waals surface area contributed by atoms with Gasteiger partial charge in [0, 0.05) is 12.3 Å². The van der Waals surface area contributed by atoms with E-state index in [-0.39, 0.29) is 5.91 Å². The lowest BCUT2D eigenvalue weighted by molar-refractivity contribution is -0.142. The molecule has 1 saturated carbocycles. The molecule has 0 radical (unpaired) electrons. The van der Waals surface area contributed by atoms with E-state index in [0.717, 1.165) is 36.3 Å². The normalized spacial score (nSPS) is 15.9. The van der Waals surface area contributed by atoms with Gasteiger partial charge in [-0.3, -0.25) is 4.79 Å². The van der Waals surface area contributed by atoms with Gasteiger partial charge in [0.2, 0.25) is 0 Å². The van der Waals surface area contributed by atoms with Gasteiger partial charge < -0.3 is 14.8 Å². The van der Waals surface area contributed by atoms with E-state index in [0.29, 0.717) is 19.1 Å². The van der Waals surface area contributed by atoms with Gasteiger partial charge >= 0.3 is 0 Å². The minimum Gasteiger partial charge on any atom is -0.489 e. The molecule has 2 aromatic rings. The maximum Gasteiger partial charge on any atom is 0.256 e. The Balaban J connectivity index is 1.57. The Morgan fingerprint density at radius 3 is 2.42 bits per heavy atom. The Bertz CT molecular complexity index is 710. The molecule has 0 aliphatic heterocycles. The number of hydrogen-bond donors (Lipinski definition) is 1. The van der Waals surface area contributed by atoms with Crippen LogP contribution < -0.4 is 10.1 Å². The summed E-state index contributed by atoms with van der Waals surface area (Å²) in [6.45, 7) is 5.09. The van der Waals surface area contributed by atoms with Crippen LogP contribution in [-0.4, -0.2) is 18.1 Å². The van der Waals surface area contributed by atoms with Crippen molar-refractivity contribution >= 4 is 11.6 Å². The predicted octanol–water partition coefficient (Wildman–Crippen LogP) is 4.80. The van der Waals surface area contributed by atoms with Crippen molar-refractivity contribution < 1.29 is 14.3 Å². The zero-order valence-electron chi connectivity index (χ0n) is 15.5. The monoisotopic (exact) mass is 353 g/mol. The highest BCUT2D eigenvalue weighted by Crippen LogP contribution is 2.42. The van der Waals surface area contributed by atoms with Crippen molar-refractivity contribution in [2.45, 2.75) is 45.3 Å². The second-order valence-corrected chi connectivity index (χ2v) is 6.98. The number of carbonyl (C=O) groups excluding carboxylic acids is 1. The van der Waals surface area contributed by atoms with E-state index in [2.05, 4.69) is 12.2 Å². The third-order valence-corrected chi connectivity index (χ3v) is 4.77. The molecule has 1 aliphatic rings. The lowest BCUT2D eigenvalue weighted by Gasteiger charge is -2.28. The quantitative estimate of drug-likeness (QED) is 0.704.